The van der Waals surface area contributed by atoms with Crippen LogP contribution in [0.1, 0.15) is 94.7 Å². The fourth-order valence-corrected chi connectivity index (χ4v) is 10.7. The van der Waals surface area contributed by atoms with Gasteiger partial charge in [0.05, 0.1) is 60.0 Å². The largest absolute Gasteiger partial charge is 0.597 e. The summed E-state index contributed by atoms with van der Waals surface area (Å²) in [6, 6.07) is 18.5. The van der Waals surface area contributed by atoms with Gasteiger partial charge < -0.3 is 35.4 Å². The van der Waals surface area contributed by atoms with Crippen molar-refractivity contribution in [2.75, 3.05) is 14.2 Å². The highest BCUT2D eigenvalue weighted by Gasteiger charge is 2.77. The lowest BCUT2D eigenvalue weighted by Gasteiger charge is -2.35. The summed E-state index contributed by atoms with van der Waals surface area (Å²) in [6.07, 6.45) is 1.83. The number of nitrogens with two attached hydrogens (primary N) is 1. The highest BCUT2D eigenvalue weighted by molar-refractivity contribution is 6.05. The van der Waals surface area contributed by atoms with Gasteiger partial charge in [0, 0.05) is 40.7 Å². The number of rotatable bonds is 8. The summed E-state index contributed by atoms with van der Waals surface area (Å²) >= 11 is 0. The minimum absolute atomic E-state index is 0.0339. The molecule has 2 aliphatic heterocycles. The van der Waals surface area contributed by atoms with E-state index in [9.17, 15) is 19.2 Å². The number of fused-ring (bicyclic) bond motifs is 8. The van der Waals surface area contributed by atoms with E-state index < -0.39 is 29.6 Å². The standard InChI is InChI=1S/C51H51N9O6/c1-27(2)20-41(61)59-39(24-34-26-51(34,59)58(5)49(64)66-7)45-53-37-18-14-31-21-29(12-16-35(31)43(37)55-45)10-8-9-11-30-13-17-36-32(22-30)15-19-38-44(36)56-46(54-38)40-23-33-25-50(33,52)60(40)47(62)42(28(3)4)57-48(63)65-6/h12-19,21-22,27-28,33-34,39-40,42H,5,20,23-26,52H2,1-4,6-7H3,(H2-,53,54,55,56,57,63)/p+1. The molecule has 7 unspecified atom stereocenters. The molecule has 4 aromatic carbocycles. The maximum Gasteiger partial charge on any atom is 0.597 e. The smallest absolute Gasteiger partial charge is 0.453 e. The first kappa shape index (κ1) is 42.7. The second-order valence-corrected chi connectivity index (χ2v) is 19.0. The Balaban J connectivity index is 0.869. The summed E-state index contributed by atoms with van der Waals surface area (Å²) in [5.74, 6) is 13.7. The van der Waals surface area contributed by atoms with Crippen molar-refractivity contribution in [1.29, 1.82) is 0 Å². The van der Waals surface area contributed by atoms with Crippen LogP contribution in [-0.2, 0) is 19.1 Å². The molecule has 6 aromatic rings. The molecule has 15 nitrogen and oxygen atoms in total. The quantitative estimate of drug-likeness (QED) is 0.0709. The summed E-state index contributed by atoms with van der Waals surface area (Å²) in [7, 11) is 2.60. The highest BCUT2D eigenvalue weighted by atomic mass is 16.5. The first-order valence-electron chi connectivity index (χ1n) is 22.5. The van der Waals surface area contributed by atoms with Crippen LogP contribution in [0.5, 0.6) is 0 Å². The lowest BCUT2D eigenvalue weighted by atomic mass is 10.0. The molecular weight excluding hydrogens is 835 g/mol. The van der Waals surface area contributed by atoms with Gasteiger partial charge in [-0.2, -0.15) is 4.79 Å². The van der Waals surface area contributed by atoms with E-state index in [-0.39, 0.29) is 47.6 Å². The molecule has 2 aliphatic carbocycles. The Labute approximate surface area is 381 Å². The van der Waals surface area contributed by atoms with E-state index in [0.29, 0.717) is 43.8 Å². The van der Waals surface area contributed by atoms with Crippen LogP contribution in [0.2, 0.25) is 0 Å². The number of likely N-dealkylation sites (tertiary alicyclic amines) is 2. The fraction of sp³-hybridized carbons (Fsp3) is 0.392. The van der Waals surface area contributed by atoms with Gasteiger partial charge in [-0.25, -0.2) is 14.8 Å². The van der Waals surface area contributed by atoms with Gasteiger partial charge in [0.15, 0.2) is 0 Å². The zero-order valence-electron chi connectivity index (χ0n) is 37.8. The van der Waals surface area contributed by atoms with Crippen molar-refractivity contribution in [1.82, 2.24) is 35.1 Å². The number of ether oxygens (including phenoxy) is 2. The summed E-state index contributed by atoms with van der Waals surface area (Å²) in [5.41, 5.74) is 10.1. The number of carbonyl (C=O) groups excluding carboxylic acids is 4. The molecular formula is C51H52N9O6+. The second kappa shape index (κ2) is 15.7. The van der Waals surface area contributed by atoms with Gasteiger partial charge >= 0.3 is 12.2 Å². The number of benzene rings is 4. The minimum atomic E-state index is -0.821. The summed E-state index contributed by atoms with van der Waals surface area (Å²) < 4.78 is 11.2. The van der Waals surface area contributed by atoms with Crippen LogP contribution in [0.4, 0.5) is 9.59 Å². The first-order valence-corrected chi connectivity index (χ1v) is 22.5. The molecule has 4 amide bonds. The Kier molecular flexibility index (Phi) is 10.2. The number of alkyl carbamates (subject to hydrolysis) is 1. The van der Waals surface area contributed by atoms with Crippen molar-refractivity contribution >= 4 is 74.3 Å². The van der Waals surface area contributed by atoms with Gasteiger partial charge in [0.2, 0.25) is 11.8 Å². The van der Waals surface area contributed by atoms with Crippen LogP contribution < -0.4 is 11.1 Å². The molecule has 0 bridgehead atoms. The number of aromatic amines is 2. The number of H-pyrrole nitrogens is 2. The number of nitrogens with one attached hydrogen (secondary N) is 3. The lowest BCUT2D eigenvalue weighted by Crippen LogP contribution is -2.57. The van der Waals surface area contributed by atoms with Gasteiger partial charge in [-0.1, -0.05) is 63.8 Å². The van der Waals surface area contributed by atoms with Gasteiger partial charge in [-0.3, -0.25) is 14.5 Å². The SMILES string of the molecule is C=[N+](C(=O)OC)C12CC1CC(c1nc3c(ccc4cc(C#CC#Cc5ccc6c(ccc7[nH]c(C8CC9CC9(N)N8C(=O)C(NC(=O)OC)C(C)C)nc76)c5)ccc43)[nH]1)N2C(=O)CC(C)C. The second-order valence-electron chi connectivity index (χ2n) is 19.0. The highest BCUT2D eigenvalue weighted by Crippen LogP contribution is 2.63. The fourth-order valence-electron chi connectivity index (χ4n) is 10.7. The van der Waals surface area contributed by atoms with Gasteiger partial charge in [-0.05, 0) is 90.1 Å². The number of piperidine rings is 2. The van der Waals surface area contributed by atoms with Gasteiger partial charge in [0.1, 0.15) is 24.4 Å². The number of aromatic nitrogens is 4. The third-order valence-corrected chi connectivity index (χ3v) is 14.1. The average molecular weight is 887 g/mol. The molecule has 4 aliphatic rings. The van der Waals surface area contributed by atoms with E-state index in [1.54, 1.807) is 4.90 Å². The number of methoxy groups -OCH3 is 2. The monoisotopic (exact) mass is 886 g/mol. The molecule has 0 radical (unpaired) electrons. The molecule has 4 fully saturated rings. The molecule has 336 valence electrons. The van der Waals surface area contributed by atoms with Crippen LogP contribution in [0.25, 0.3) is 43.6 Å². The summed E-state index contributed by atoms with van der Waals surface area (Å²) in [6.45, 7) is 11.8. The molecule has 2 saturated heterocycles. The Hall–Kier alpha value is -7.23. The van der Waals surface area contributed by atoms with Crippen molar-refractivity contribution in [3.8, 4) is 23.7 Å². The normalized spacial score (nSPS) is 24.1. The van der Waals surface area contributed by atoms with Crippen LogP contribution >= 0.6 is 0 Å². The van der Waals surface area contributed by atoms with E-state index in [1.165, 1.54) is 18.8 Å². The van der Waals surface area contributed by atoms with Crippen molar-refractivity contribution in [3.63, 3.8) is 0 Å². The van der Waals surface area contributed by atoms with Gasteiger partial charge in [-0.15, -0.1) is 4.58 Å². The number of imidazole rings is 2. The van der Waals surface area contributed by atoms with Crippen molar-refractivity contribution in [3.05, 3.63) is 83.4 Å². The van der Waals surface area contributed by atoms with Crippen molar-refractivity contribution < 1.29 is 33.2 Å². The Bertz CT molecular complexity index is 3200. The van der Waals surface area contributed by atoms with Crippen LogP contribution in [0.15, 0.2) is 60.7 Å². The summed E-state index contributed by atoms with van der Waals surface area (Å²) in [5, 5.41) is 6.54. The maximum absolute atomic E-state index is 14.0. The third-order valence-electron chi connectivity index (χ3n) is 14.1. The van der Waals surface area contributed by atoms with Crippen LogP contribution in [0.3, 0.4) is 0 Å². The van der Waals surface area contributed by atoms with Crippen molar-refractivity contribution in [2.24, 2.45) is 29.4 Å². The van der Waals surface area contributed by atoms with Crippen LogP contribution in [-0.4, -0.2) is 96.6 Å². The zero-order valence-corrected chi connectivity index (χ0v) is 37.8. The average Bonchev–Trinajstić information content (AvgIpc) is 3.80. The number of amides is 4. The first-order chi connectivity index (χ1) is 31.6. The molecule has 15 heteroatoms. The van der Waals surface area contributed by atoms with E-state index in [0.717, 1.165) is 54.7 Å². The van der Waals surface area contributed by atoms with E-state index in [2.05, 4.69) is 45.7 Å². The van der Waals surface area contributed by atoms with Crippen LogP contribution in [0, 0.1) is 47.4 Å². The topological polar surface area (TPSA) is 192 Å². The molecule has 0 spiro atoms. The number of nitrogens with zero attached hydrogens (tertiary/aromatic N) is 5. The summed E-state index contributed by atoms with van der Waals surface area (Å²) in [4.78, 5) is 73.3. The molecule has 66 heavy (non-hydrogen) atoms. The van der Waals surface area contributed by atoms with E-state index in [1.807, 2.05) is 93.3 Å². The molecule has 4 heterocycles. The number of carbonyl (C=O) groups is 4. The van der Waals surface area contributed by atoms with E-state index in [4.69, 9.17) is 25.2 Å². The molecule has 5 N–H and O–H groups in total. The van der Waals surface area contributed by atoms with Gasteiger partial charge in [0.25, 0.3) is 5.66 Å². The maximum atomic E-state index is 14.0. The Morgan fingerprint density at radius 1 is 0.818 bits per heavy atom. The molecule has 10 rings (SSSR count). The zero-order chi connectivity index (χ0) is 46.4. The number of hydrogen-bond donors (Lipinski definition) is 4. The predicted molar refractivity (Wildman–Crippen MR) is 249 cm³/mol. The lowest BCUT2D eigenvalue weighted by molar-refractivity contribution is -0.523. The molecule has 7 atom stereocenters. The third kappa shape index (κ3) is 6.92. The number of hydrogen-bond acceptors (Lipinski definition) is 9. The Morgan fingerprint density at radius 2 is 1.38 bits per heavy atom. The molecule has 2 saturated carbocycles. The molecule has 2 aromatic heterocycles. The Morgan fingerprint density at radius 3 is 1.91 bits per heavy atom. The minimum Gasteiger partial charge on any atom is -0.453 e. The van der Waals surface area contributed by atoms with Crippen molar-refractivity contribution in [2.45, 2.75) is 89.3 Å². The predicted octanol–water partition coefficient (Wildman–Crippen LogP) is 6.99. The van der Waals surface area contributed by atoms with E-state index >= 15 is 0 Å².